The van der Waals surface area contributed by atoms with Crippen molar-refractivity contribution in [1.82, 2.24) is 0 Å². The van der Waals surface area contributed by atoms with Crippen LogP contribution in [-0.2, 0) is 26.0 Å². The summed E-state index contributed by atoms with van der Waals surface area (Å²) in [6, 6.07) is 8.02. The first kappa shape index (κ1) is 29.5. The van der Waals surface area contributed by atoms with Crippen LogP contribution in [-0.4, -0.2) is 42.0 Å². The van der Waals surface area contributed by atoms with E-state index < -0.39 is 0 Å². The first-order valence-corrected chi connectivity index (χ1v) is 13.9. The minimum absolute atomic E-state index is 0. The number of benzene rings is 2. The molecule has 2 fully saturated rings. The molecule has 8 heteroatoms. The Morgan fingerprint density at radius 3 is 1.44 bits per heavy atom. The quantitative estimate of drug-likeness (QED) is 0.524. The monoisotopic (exact) mass is 640 g/mol. The second kappa shape index (κ2) is 11.0. The molecular weight excluding hydrogens is 606 g/mol. The molecule has 2 aromatic carbocycles. The molecule has 2 aromatic rings. The standard InChI is InChI=1S/C28H36Cl2N2O2.BrH.Co/c1-27(2,3)21-13-19(29)11-17(25(21)33)15-31-23-9-7-8-10-24(23)32-16-18-12-20(30)14-22(26(18)34)28(4,5)6;;/h11-16,23-24,33-34H,7-10H2,1-6H3;1H;/q;;+2/p-1/t23-,24-;;/m1../s1. The topological polar surface area (TPSA) is 46.5 Å². The van der Waals surface area contributed by atoms with Crippen molar-refractivity contribution in [2.45, 2.75) is 90.1 Å². The molecule has 2 atom stereocenters. The van der Waals surface area contributed by atoms with Crippen LogP contribution >= 0.6 is 23.2 Å². The van der Waals surface area contributed by atoms with Crippen LogP contribution < -0.4 is 17.0 Å². The maximum absolute atomic E-state index is 11.1. The zero-order valence-corrected chi connectivity index (χ0v) is 25.8. The minimum Gasteiger partial charge on any atom is -1.00 e. The Labute approximate surface area is 242 Å². The normalized spacial score (nSPS) is 22.8. The Morgan fingerprint density at radius 2 is 1.11 bits per heavy atom. The molecule has 0 aromatic heterocycles. The molecule has 0 amide bonds. The zero-order valence-electron chi connectivity index (χ0n) is 21.7. The number of rotatable bonds is 2. The molecule has 0 unspecified atom stereocenters. The molecule has 2 aliphatic rings. The number of nitrogens with zero attached hydrogens (tertiary/aromatic N) is 2. The summed E-state index contributed by atoms with van der Waals surface area (Å²) in [6.45, 7) is 12.5. The van der Waals surface area contributed by atoms with Crippen molar-refractivity contribution in [3.8, 4) is 11.5 Å². The van der Waals surface area contributed by atoms with Gasteiger partial charge in [0.25, 0.3) is 0 Å². The Hall–Kier alpha value is -1.05. The molecule has 199 valence electrons. The largest absolute Gasteiger partial charge is 1.00 e. The van der Waals surface area contributed by atoms with Gasteiger partial charge in [0.05, 0.1) is 0 Å². The summed E-state index contributed by atoms with van der Waals surface area (Å²) in [7, 11) is 0. The number of hydrogen-bond donors (Lipinski definition) is 2. The van der Waals surface area contributed by atoms with Crippen LogP contribution in [0, 0.1) is 0 Å². The molecule has 1 aliphatic heterocycles. The van der Waals surface area contributed by atoms with Crippen LogP contribution in [0.3, 0.4) is 0 Å². The molecule has 0 bridgehead atoms. The predicted octanol–water partition coefficient (Wildman–Crippen LogP) is 3.80. The Morgan fingerprint density at radius 1 is 0.750 bits per heavy atom. The van der Waals surface area contributed by atoms with Gasteiger partial charge >= 0.3 is 226 Å². The third-order valence-electron chi connectivity index (χ3n) is 6.79. The van der Waals surface area contributed by atoms with Crippen LogP contribution in [0.1, 0.15) is 89.5 Å². The van der Waals surface area contributed by atoms with E-state index in [9.17, 15) is 10.2 Å². The van der Waals surface area contributed by atoms with Crippen LogP contribution in [0.5, 0.6) is 11.5 Å². The third-order valence-corrected chi connectivity index (χ3v) is 8.67. The van der Waals surface area contributed by atoms with Gasteiger partial charge in [-0.2, -0.15) is 0 Å². The molecule has 0 spiro atoms. The second-order valence-corrected chi connectivity index (χ2v) is 13.8. The summed E-state index contributed by atoms with van der Waals surface area (Å²) in [5, 5.41) is 23.4. The van der Waals surface area contributed by atoms with Crippen LogP contribution in [0.25, 0.3) is 0 Å². The van der Waals surface area contributed by atoms with E-state index in [1.165, 1.54) is 12.8 Å². The van der Waals surface area contributed by atoms with Gasteiger partial charge in [0.15, 0.2) is 0 Å². The van der Waals surface area contributed by atoms with Crippen molar-refractivity contribution in [3.05, 3.63) is 56.6 Å². The molecule has 36 heavy (non-hydrogen) atoms. The fourth-order valence-corrected chi connectivity index (χ4v) is 6.97. The summed E-state index contributed by atoms with van der Waals surface area (Å²) in [5.41, 5.74) is 2.72. The molecule has 1 aliphatic carbocycles. The van der Waals surface area contributed by atoms with Crippen LogP contribution in [0.4, 0.5) is 0 Å². The predicted molar refractivity (Wildman–Crippen MR) is 141 cm³/mol. The van der Waals surface area contributed by atoms with Gasteiger partial charge in [-0.1, -0.05) is 0 Å². The summed E-state index contributed by atoms with van der Waals surface area (Å²) >= 11 is 13.9. The van der Waals surface area contributed by atoms with Gasteiger partial charge in [-0.3, -0.25) is 0 Å². The molecule has 2 N–H and O–H groups in total. The number of aromatic hydroxyl groups is 2. The molecule has 1 saturated heterocycles. The molecule has 4 nitrogen and oxygen atoms in total. The summed E-state index contributed by atoms with van der Waals surface area (Å²) in [5.74, 6) is 0.571. The molecule has 0 radical (unpaired) electrons. The van der Waals surface area contributed by atoms with Gasteiger partial charge in [0.1, 0.15) is 0 Å². The van der Waals surface area contributed by atoms with Gasteiger partial charge in [-0.15, -0.1) is 0 Å². The number of phenolic OH excluding ortho intramolecular Hbond substituents is 2. The third kappa shape index (κ3) is 6.15. The van der Waals surface area contributed by atoms with Gasteiger partial charge in [-0.05, 0) is 0 Å². The van der Waals surface area contributed by atoms with E-state index in [1.807, 2.05) is 36.7 Å². The van der Waals surface area contributed by atoms with Crippen molar-refractivity contribution >= 4 is 35.6 Å². The second-order valence-electron chi connectivity index (χ2n) is 11.7. The summed E-state index contributed by atoms with van der Waals surface area (Å²) in [4.78, 5) is 0. The Balaban J connectivity index is 0.00000361. The maximum Gasteiger partial charge on any atom is -1.00 e. The van der Waals surface area contributed by atoms with Crippen LogP contribution in [0.2, 0.25) is 10.0 Å². The number of halogens is 3. The van der Waals surface area contributed by atoms with Gasteiger partial charge < -0.3 is 17.0 Å². The van der Waals surface area contributed by atoms with Crippen LogP contribution in [0.15, 0.2) is 24.3 Å². The number of fused-ring (bicyclic) bond motifs is 1. The van der Waals surface area contributed by atoms with Gasteiger partial charge in [0, 0.05) is 0 Å². The number of hydrogen-bond acceptors (Lipinski definition) is 2. The number of phenols is 2. The van der Waals surface area contributed by atoms with E-state index in [4.69, 9.17) is 23.2 Å². The van der Waals surface area contributed by atoms with E-state index in [2.05, 4.69) is 48.8 Å². The maximum atomic E-state index is 11.1. The molecular formula is C28H36BrCl2CoN2O2+. The van der Waals surface area contributed by atoms with Crippen molar-refractivity contribution in [2.75, 3.05) is 0 Å². The smallest absolute Gasteiger partial charge is 1.00 e. The van der Waals surface area contributed by atoms with Crippen molar-refractivity contribution < 1.29 is 49.6 Å². The summed E-state index contributed by atoms with van der Waals surface area (Å²) < 4.78 is 4.59. The first-order chi connectivity index (χ1) is 16.3. The SMILES string of the molecule is CC(C)(C)c1cc(Cl)cc(C=[N+]2[Co][N+](=Cc3cc(Cl)cc(C(C)(C)C)c3O)[C@@H]3CCCC[C@H]32)c1O.[Br-]. The molecule has 1 heterocycles. The van der Waals surface area contributed by atoms with Gasteiger partial charge in [-0.25, -0.2) is 0 Å². The molecule has 1 saturated carbocycles. The first-order valence-electron chi connectivity index (χ1n) is 12.2. The fourth-order valence-electron chi connectivity index (χ4n) is 4.89. The van der Waals surface area contributed by atoms with Crippen molar-refractivity contribution in [3.63, 3.8) is 0 Å². The van der Waals surface area contributed by atoms with Gasteiger partial charge in [0.2, 0.25) is 0 Å². The van der Waals surface area contributed by atoms with E-state index in [0.717, 1.165) is 50.2 Å². The summed E-state index contributed by atoms with van der Waals surface area (Å²) in [6.07, 6.45) is 8.62. The Bertz CT molecular complexity index is 1120. The van der Waals surface area contributed by atoms with E-state index >= 15 is 0 Å². The van der Waals surface area contributed by atoms with E-state index in [-0.39, 0.29) is 39.3 Å². The van der Waals surface area contributed by atoms with E-state index in [0.29, 0.717) is 22.1 Å². The van der Waals surface area contributed by atoms with E-state index in [1.54, 1.807) is 0 Å². The zero-order chi connectivity index (χ0) is 25.7. The average Bonchev–Trinajstić information content (AvgIpc) is 3.08. The minimum atomic E-state index is -0.220. The van der Waals surface area contributed by atoms with Crippen molar-refractivity contribution in [2.24, 2.45) is 0 Å². The Kier molecular flexibility index (Phi) is 8.99. The van der Waals surface area contributed by atoms with Crippen molar-refractivity contribution in [1.29, 1.82) is 0 Å². The average molecular weight is 642 g/mol. The molecule has 4 rings (SSSR count). The fraction of sp³-hybridized carbons (Fsp3) is 0.500.